The number of hydrogen-bond acceptors (Lipinski definition) is 1. The topological polar surface area (TPSA) is 29.1 Å². The van der Waals surface area contributed by atoms with Gasteiger partial charge < -0.3 is 5.32 Å². The summed E-state index contributed by atoms with van der Waals surface area (Å²) in [4.78, 5) is 11.9. The van der Waals surface area contributed by atoms with E-state index >= 15 is 0 Å². The fourth-order valence-electron chi connectivity index (χ4n) is 2.46. The lowest BCUT2D eigenvalue weighted by molar-refractivity contribution is -0.118. The molecule has 1 aromatic carbocycles. The Morgan fingerprint density at radius 2 is 1.93 bits per heavy atom. The van der Waals surface area contributed by atoms with Crippen LogP contribution < -0.4 is 5.32 Å². The largest absolute Gasteiger partial charge is 0.325 e. The van der Waals surface area contributed by atoms with Gasteiger partial charge in [-0.3, -0.25) is 4.79 Å². The van der Waals surface area contributed by atoms with E-state index in [0.29, 0.717) is 5.92 Å². The van der Waals surface area contributed by atoms with Crippen molar-refractivity contribution in [2.45, 2.75) is 32.6 Å². The maximum atomic E-state index is 11.9. The van der Waals surface area contributed by atoms with Gasteiger partial charge >= 0.3 is 0 Å². The van der Waals surface area contributed by atoms with E-state index in [1.54, 1.807) is 0 Å². The molecule has 2 heteroatoms. The van der Waals surface area contributed by atoms with Gasteiger partial charge in [-0.2, -0.15) is 0 Å². The van der Waals surface area contributed by atoms with Crippen LogP contribution in [0.25, 0.3) is 0 Å². The second-order valence-corrected chi connectivity index (χ2v) is 4.13. The number of para-hydroxylation sites is 1. The first-order valence-corrected chi connectivity index (χ1v) is 5.67. The molecule has 0 saturated carbocycles. The Labute approximate surface area is 90.7 Å². The van der Waals surface area contributed by atoms with Gasteiger partial charge in [0, 0.05) is 5.69 Å². The van der Waals surface area contributed by atoms with E-state index in [2.05, 4.69) is 25.2 Å². The number of nitrogens with one attached hydrogen (secondary N) is 1. The van der Waals surface area contributed by atoms with Gasteiger partial charge in [-0.05, 0) is 17.5 Å². The highest BCUT2D eigenvalue weighted by atomic mass is 16.2. The highest BCUT2D eigenvalue weighted by molar-refractivity contribution is 6.03. The molecule has 2 nitrogen and oxygen atoms in total. The van der Waals surface area contributed by atoms with Crippen LogP contribution in [-0.2, 0) is 4.79 Å². The summed E-state index contributed by atoms with van der Waals surface area (Å²) in [5.74, 6) is 0.703. The van der Waals surface area contributed by atoms with E-state index < -0.39 is 0 Å². The smallest absolute Gasteiger partial charge is 0.232 e. The van der Waals surface area contributed by atoms with Gasteiger partial charge in [0.2, 0.25) is 5.91 Å². The third-order valence-electron chi connectivity index (χ3n) is 3.36. The van der Waals surface area contributed by atoms with Crippen molar-refractivity contribution in [1.29, 1.82) is 0 Å². The second-order valence-electron chi connectivity index (χ2n) is 4.13. The molecule has 0 fully saturated rings. The Balaban J connectivity index is 2.37. The molecule has 0 bridgehead atoms. The van der Waals surface area contributed by atoms with Crippen LogP contribution in [0.1, 0.15) is 38.2 Å². The summed E-state index contributed by atoms with van der Waals surface area (Å²) in [5, 5.41) is 2.96. The molecule has 2 rings (SSSR count). The summed E-state index contributed by atoms with van der Waals surface area (Å²) < 4.78 is 0. The predicted molar refractivity (Wildman–Crippen MR) is 61.9 cm³/mol. The second kappa shape index (κ2) is 4.05. The molecule has 1 unspecified atom stereocenters. The van der Waals surface area contributed by atoms with Gasteiger partial charge in [0.25, 0.3) is 0 Å². The third kappa shape index (κ3) is 1.65. The van der Waals surface area contributed by atoms with E-state index in [1.807, 2.05) is 18.2 Å². The van der Waals surface area contributed by atoms with Gasteiger partial charge in [-0.25, -0.2) is 0 Å². The quantitative estimate of drug-likeness (QED) is 0.803. The lowest BCUT2D eigenvalue weighted by Crippen LogP contribution is -2.19. The molecule has 1 aliphatic heterocycles. The molecular weight excluding hydrogens is 186 g/mol. The van der Waals surface area contributed by atoms with Crippen LogP contribution in [0.5, 0.6) is 0 Å². The van der Waals surface area contributed by atoms with Crippen LogP contribution in [0.2, 0.25) is 0 Å². The number of rotatable bonds is 3. The molecule has 1 amide bonds. The van der Waals surface area contributed by atoms with Gasteiger partial charge in [0.1, 0.15) is 0 Å². The van der Waals surface area contributed by atoms with Crippen molar-refractivity contribution in [3.8, 4) is 0 Å². The lowest BCUT2D eigenvalue weighted by atomic mass is 9.83. The van der Waals surface area contributed by atoms with Crippen LogP contribution in [0.4, 0.5) is 5.69 Å². The number of hydrogen-bond donors (Lipinski definition) is 1. The van der Waals surface area contributed by atoms with Crippen molar-refractivity contribution in [1.82, 2.24) is 0 Å². The summed E-state index contributed by atoms with van der Waals surface area (Å²) in [5.41, 5.74) is 2.18. The van der Waals surface area contributed by atoms with E-state index in [4.69, 9.17) is 0 Å². The average molecular weight is 203 g/mol. The van der Waals surface area contributed by atoms with Crippen LogP contribution in [-0.4, -0.2) is 5.91 Å². The highest BCUT2D eigenvalue weighted by Gasteiger charge is 2.34. The molecule has 1 aromatic rings. The molecule has 0 aliphatic carbocycles. The monoisotopic (exact) mass is 203 g/mol. The fourth-order valence-corrected chi connectivity index (χ4v) is 2.46. The molecule has 0 spiro atoms. The van der Waals surface area contributed by atoms with Crippen molar-refractivity contribution in [3.05, 3.63) is 29.8 Å². The molecule has 15 heavy (non-hydrogen) atoms. The zero-order chi connectivity index (χ0) is 10.8. The van der Waals surface area contributed by atoms with Crippen LogP contribution >= 0.6 is 0 Å². The van der Waals surface area contributed by atoms with Gasteiger partial charge in [0.15, 0.2) is 0 Å². The minimum absolute atomic E-state index is 0.0659. The minimum Gasteiger partial charge on any atom is -0.325 e. The standard InChI is InChI=1S/C13H17NO/c1-3-9(4-2)12-10-7-5-6-8-11(10)14-13(12)15/h5-9,12H,3-4H2,1-2H3,(H,14,15). The van der Waals surface area contributed by atoms with Crippen molar-refractivity contribution in [3.63, 3.8) is 0 Å². The maximum Gasteiger partial charge on any atom is 0.232 e. The Morgan fingerprint density at radius 3 is 2.60 bits per heavy atom. The summed E-state index contributed by atoms with van der Waals surface area (Å²) in [6.45, 7) is 4.31. The van der Waals surface area contributed by atoms with Crippen molar-refractivity contribution < 1.29 is 4.79 Å². The highest BCUT2D eigenvalue weighted by Crippen LogP contribution is 2.39. The molecular formula is C13H17NO. The first-order chi connectivity index (χ1) is 7.27. The minimum atomic E-state index is 0.0659. The first kappa shape index (κ1) is 10.2. The Kier molecular flexibility index (Phi) is 2.76. The van der Waals surface area contributed by atoms with E-state index in [9.17, 15) is 4.79 Å². The van der Waals surface area contributed by atoms with E-state index in [1.165, 1.54) is 5.56 Å². The van der Waals surface area contributed by atoms with Crippen LogP contribution in [0.3, 0.4) is 0 Å². The maximum absolute atomic E-state index is 11.9. The van der Waals surface area contributed by atoms with Crippen molar-refractivity contribution in [2.75, 3.05) is 5.32 Å². The Hall–Kier alpha value is -1.31. The molecule has 0 aromatic heterocycles. The number of anilines is 1. The molecule has 80 valence electrons. The fraction of sp³-hybridized carbons (Fsp3) is 0.462. The molecule has 1 aliphatic rings. The number of benzene rings is 1. The normalized spacial score (nSPS) is 19.1. The number of amides is 1. The molecule has 1 heterocycles. The van der Waals surface area contributed by atoms with Crippen molar-refractivity contribution >= 4 is 11.6 Å². The summed E-state index contributed by atoms with van der Waals surface area (Å²) >= 11 is 0. The van der Waals surface area contributed by atoms with Gasteiger partial charge in [-0.1, -0.05) is 44.9 Å². The van der Waals surface area contributed by atoms with Crippen LogP contribution in [0, 0.1) is 5.92 Å². The summed E-state index contributed by atoms with van der Waals surface area (Å²) in [6.07, 6.45) is 2.12. The number of fused-ring (bicyclic) bond motifs is 1. The number of carbonyl (C=O) groups excluding carboxylic acids is 1. The Morgan fingerprint density at radius 1 is 1.27 bits per heavy atom. The Bertz CT molecular complexity index is 369. The zero-order valence-corrected chi connectivity index (χ0v) is 9.29. The molecule has 1 N–H and O–H groups in total. The van der Waals surface area contributed by atoms with E-state index in [-0.39, 0.29) is 11.8 Å². The van der Waals surface area contributed by atoms with Crippen LogP contribution in [0.15, 0.2) is 24.3 Å². The molecule has 0 radical (unpaired) electrons. The molecule has 0 saturated heterocycles. The average Bonchev–Trinajstić information content (AvgIpc) is 2.58. The first-order valence-electron chi connectivity index (χ1n) is 5.67. The molecule has 1 atom stereocenters. The summed E-state index contributed by atoms with van der Waals surface area (Å²) in [7, 11) is 0. The number of carbonyl (C=O) groups is 1. The summed E-state index contributed by atoms with van der Waals surface area (Å²) in [6, 6.07) is 8.02. The third-order valence-corrected chi connectivity index (χ3v) is 3.36. The van der Waals surface area contributed by atoms with Gasteiger partial charge in [0.05, 0.1) is 5.92 Å². The van der Waals surface area contributed by atoms with Crippen molar-refractivity contribution in [2.24, 2.45) is 5.92 Å². The van der Waals surface area contributed by atoms with Gasteiger partial charge in [-0.15, -0.1) is 0 Å². The SMILES string of the molecule is CCC(CC)C1C(=O)Nc2ccccc21. The van der Waals surface area contributed by atoms with E-state index in [0.717, 1.165) is 18.5 Å². The lowest BCUT2D eigenvalue weighted by Gasteiger charge is -2.18. The zero-order valence-electron chi connectivity index (χ0n) is 9.29. The predicted octanol–water partition coefficient (Wildman–Crippen LogP) is 3.16.